The fraction of sp³-hybridized carbons (Fsp3) is 0.222. The molecule has 0 heterocycles. The van der Waals surface area contributed by atoms with E-state index in [1.807, 2.05) is 31.2 Å². The van der Waals surface area contributed by atoms with Crippen molar-refractivity contribution in [3.8, 4) is 5.75 Å². The summed E-state index contributed by atoms with van der Waals surface area (Å²) in [4.78, 5) is 25.0. The Kier molecular flexibility index (Phi) is 6.26. The van der Waals surface area contributed by atoms with Crippen molar-refractivity contribution in [3.05, 3.63) is 53.6 Å². The van der Waals surface area contributed by atoms with Crippen molar-refractivity contribution in [2.75, 3.05) is 25.2 Å². The first kappa shape index (κ1) is 17.9. The van der Waals surface area contributed by atoms with Gasteiger partial charge in [-0.1, -0.05) is 18.2 Å². The normalized spacial score (nSPS) is 10.1. The van der Waals surface area contributed by atoms with Crippen LogP contribution in [-0.4, -0.2) is 31.7 Å². The highest BCUT2D eigenvalue weighted by molar-refractivity contribution is 8.00. The minimum atomic E-state index is -0.220. The average molecular weight is 344 g/mol. The number of ether oxygens (including phenoxy) is 1. The molecule has 0 aliphatic rings. The van der Waals surface area contributed by atoms with Crippen molar-refractivity contribution in [2.45, 2.75) is 11.8 Å². The van der Waals surface area contributed by atoms with Gasteiger partial charge in [-0.25, -0.2) is 0 Å². The Balaban J connectivity index is 2.07. The van der Waals surface area contributed by atoms with Crippen molar-refractivity contribution < 1.29 is 14.3 Å². The van der Waals surface area contributed by atoms with Gasteiger partial charge in [0, 0.05) is 17.5 Å². The van der Waals surface area contributed by atoms with Gasteiger partial charge in [-0.15, -0.1) is 11.8 Å². The van der Waals surface area contributed by atoms with Crippen LogP contribution in [0.3, 0.4) is 0 Å². The topological polar surface area (TPSA) is 67.4 Å². The van der Waals surface area contributed by atoms with Crippen LogP contribution in [0.5, 0.6) is 5.75 Å². The summed E-state index contributed by atoms with van der Waals surface area (Å²) in [5.74, 6) is 0.410. The summed E-state index contributed by atoms with van der Waals surface area (Å²) in [6.07, 6.45) is 0. The number of thioether (sulfide) groups is 1. The number of carbonyl (C=O) groups is 2. The lowest BCUT2D eigenvalue weighted by atomic mass is 10.1. The zero-order valence-corrected chi connectivity index (χ0v) is 14.7. The zero-order chi connectivity index (χ0) is 17.5. The summed E-state index contributed by atoms with van der Waals surface area (Å²) in [6.45, 7) is 2.01. The molecule has 6 heteroatoms. The first-order valence-corrected chi connectivity index (χ1v) is 8.42. The molecule has 24 heavy (non-hydrogen) atoms. The molecule has 0 atom stereocenters. The molecule has 2 N–H and O–H groups in total. The highest BCUT2D eigenvalue weighted by Crippen LogP contribution is 2.27. The third-order valence-corrected chi connectivity index (χ3v) is 4.59. The van der Waals surface area contributed by atoms with Crippen LogP contribution in [-0.2, 0) is 4.79 Å². The van der Waals surface area contributed by atoms with E-state index in [0.717, 1.165) is 10.5 Å². The van der Waals surface area contributed by atoms with Gasteiger partial charge in [-0.3, -0.25) is 9.59 Å². The Hall–Kier alpha value is -2.47. The number of carbonyl (C=O) groups excluding carboxylic acids is 2. The number of nitrogens with one attached hydrogen (secondary N) is 2. The highest BCUT2D eigenvalue weighted by atomic mass is 32.2. The van der Waals surface area contributed by atoms with Crippen molar-refractivity contribution in [3.63, 3.8) is 0 Å². The lowest BCUT2D eigenvalue weighted by Crippen LogP contribution is -2.19. The molecule has 0 aliphatic carbocycles. The Labute approximate surface area is 145 Å². The number of amides is 2. The molecule has 0 radical (unpaired) electrons. The molecule has 0 aliphatic heterocycles. The molecule has 5 nitrogen and oxygen atoms in total. The number of anilines is 1. The van der Waals surface area contributed by atoms with Crippen LogP contribution in [0.25, 0.3) is 0 Å². The van der Waals surface area contributed by atoms with E-state index in [4.69, 9.17) is 4.74 Å². The number of hydrogen-bond acceptors (Lipinski definition) is 4. The minimum Gasteiger partial charge on any atom is -0.495 e. The predicted octanol–water partition coefficient (Wildman–Crippen LogP) is 3.09. The summed E-state index contributed by atoms with van der Waals surface area (Å²) < 4.78 is 5.24. The van der Waals surface area contributed by atoms with Crippen LogP contribution >= 0.6 is 11.8 Å². The fourth-order valence-corrected chi connectivity index (χ4v) is 2.97. The molecule has 0 aromatic heterocycles. The average Bonchev–Trinajstić information content (AvgIpc) is 2.60. The Morgan fingerprint density at radius 2 is 1.92 bits per heavy atom. The van der Waals surface area contributed by atoms with Gasteiger partial charge in [-0.2, -0.15) is 0 Å². The number of hydrogen-bond donors (Lipinski definition) is 2. The zero-order valence-electron chi connectivity index (χ0n) is 13.9. The summed E-state index contributed by atoms with van der Waals surface area (Å²) in [6, 6.07) is 12.8. The Bertz CT molecular complexity index is 747. The van der Waals surface area contributed by atoms with Crippen LogP contribution in [0.4, 0.5) is 5.69 Å². The van der Waals surface area contributed by atoms with Crippen LogP contribution in [0.2, 0.25) is 0 Å². The number of rotatable bonds is 6. The molecular weight excluding hydrogens is 324 g/mol. The van der Waals surface area contributed by atoms with E-state index in [2.05, 4.69) is 10.6 Å². The first-order valence-electron chi connectivity index (χ1n) is 7.43. The summed E-state index contributed by atoms with van der Waals surface area (Å²) in [5.41, 5.74) is 2.07. The molecule has 2 aromatic carbocycles. The van der Waals surface area contributed by atoms with E-state index in [-0.39, 0.29) is 17.6 Å². The van der Waals surface area contributed by atoms with E-state index in [1.54, 1.807) is 25.2 Å². The van der Waals surface area contributed by atoms with Gasteiger partial charge in [-0.05, 0) is 36.8 Å². The monoisotopic (exact) mass is 344 g/mol. The summed E-state index contributed by atoms with van der Waals surface area (Å²) in [7, 11) is 3.08. The van der Waals surface area contributed by atoms with Gasteiger partial charge < -0.3 is 15.4 Å². The Morgan fingerprint density at radius 3 is 2.58 bits per heavy atom. The van der Waals surface area contributed by atoms with Gasteiger partial charge in [0.15, 0.2) is 0 Å². The van der Waals surface area contributed by atoms with Gasteiger partial charge in [0.05, 0.1) is 18.6 Å². The molecule has 0 saturated heterocycles. The second kappa shape index (κ2) is 8.40. The minimum absolute atomic E-state index is 0.157. The van der Waals surface area contributed by atoms with Crippen LogP contribution < -0.4 is 15.4 Å². The lowest BCUT2D eigenvalue weighted by Gasteiger charge is -2.12. The maximum atomic E-state index is 12.2. The van der Waals surface area contributed by atoms with Gasteiger partial charge >= 0.3 is 0 Å². The molecule has 2 aromatic rings. The third-order valence-electron chi connectivity index (χ3n) is 3.42. The standard InChI is InChI=1S/C18H20N2O3S/c1-12-6-4-5-7-16(12)24-11-17(21)20-14-10-13(18(22)19-2)8-9-15(14)23-3/h4-10H,11H2,1-3H3,(H,19,22)(H,20,21). The second-order valence-corrected chi connectivity index (χ2v) is 6.11. The van der Waals surface area contributed by atoms with E-state index < -0.39 is 0 Å². The molecule has 0 saturated carbocycles. The SMILES string of the molecule is CNC(=O)c1ccc(OC)c(NC(=O)CSc2ccccc2C)c1. The molecule has 0 bridgehead atoms. The van der Waals surface area contributed by atoms with Crippen LogP contribution in [0, 0.1) is 6.92 Å². The lowest BCUT2D eigenvalue weighted by molar-refractivity contribution is -0.113. The van der Waals surface area contributed by atoms with E-state index >= 15 is 0 Å². The molecule has 0 spiro atoms. The van der Waals surface area contributed by atoms with E-state index in [9.17, 15) is 9.59 Å². The number of methoxy groups -OCH3 is 1. The quantitative estimate of drug-likeness (QED) is 0.790. The largest absolute Gasteiger partial charge is 0.495 e. The van der Waals surface area contributed by atoms with Crippen molar-refractivity contribution >= 4 is 29.3 Å². The van der Waals surface area contributed by atoms with Gasteiger partial charge in [0.2, 0.25) is 5.91 Å². The summed E-state index contributed by atoms with van der Waals surface area (Å²) in [5, 5.41) is 5.36. The van der Waals surface area contributed by atoms with E-state index in [0.29, 0.717) is 17.0 Å². The molecular formula is C18H20N2O3S. The summed E-state index contributed by atoms with van der Waals surface area (Å²) >= 11 is 1.47. The van der Waals surface area contributed by atoms with Crippen molar-refractivity contribution in [1.29, 1.82) is 0 Å². The number of benzene rings is 2. The molecule has 0 fully saturated rings. The Morgan fingerprint density at radius 1 is 1.17 bits per heavy atom. The van der Waals surface area contributed by atoms with Gasteiger partial charge in [0.1, 0.15) is 5.75 Å². The maximum absolute atomic E-state index is 12.2. The third kappa shape index (κ3) is 4.52. The highest BCUT2D eigenvalue weighted by Gasteiger charge is 2.12. The molecule has 126 valence electrons. The van der Waals surface area contributed by atoms with Gasteiger partial charge in [0.25, 0.3) is 5.91 Å². The molecule has 2 amide bonds. The van der Waals surface area contributed by atoms with E-state index in [1.165, 1.54) is 18.9 Å². The van der Waals surface area contributed by atoms with Crippen LogP contribution in [0.15, 0.2) is 47.4 Å². The molecule has 2 rings (SSSR count). The molecule has 0 unspecified atom stereocenters. The maximum Gasteiger partial charge on any atom is 0.251 e. The van der Waals surface area contributed by atoms with Crippen molar-refractivity contribution in [2.24, 2.45) is 0 Å². The fourth-order valence-electron chi connectivity index (χ4n) is 2.14. The van der Waals surface area contributed by atoms with Crippen LogP contribution in [0.1, 0.15) is 15.9 Å². The smallest absolute Gasteiger partial charge is 0.251 e. The van der Waals surface area contributed by atoms with Crippen molar-refractivity contribution in [1.82, 2.24) is 5.32 Å². The predicted molar refractivity (Wildman–Crippen MR) is 96.9 cm³/mol. The first-order chi connectivity index (χ1) is 11.5. The second-order valence-electron chi connectivity index (χ2n) is 5.10. The number of aryl methyl sites for hydroxylation is 1.